The number of hydrazine groups is 1. The van der Waals surface area contributed by atoms with E-state index in [9.17, 15) is 29.1 Å². The van der Waals surface area contributed by atoms with Gasteiger partial charge in [-0.25, -0.2) is 5.43 Å². The van der Waals surface area contributed by atoms with Gasteiger partial charge in [-0.3, -0.25) is 29.2 Å². The summed E-state index contributed by atoms with van der Waals surface area (Å²) in [5, 5.41) is 17.1. The van der Waals surface area contributed by atoms with E-state index < -0.39 is 58.2 Å². The maximum absolute atomic E-state index is 14.9. The molecule has 4 aromatic rings. The van der Waals surface area contributed by atoms with Gasteiger partial charge in [-0.05, 0) is 104 Å². The van der Waals surface area contributed by atoms with E-state index in [-0.39, 0.29) is 45.2 Å². The number of aldehydes is 1. The van der Waals surface area contributed by atoms with Gasteiger partial charge >= 0.3 is 0 Å². The van der Waals surface area contributed by atoms with Crippen LogP contribution in [0, 0.1) is 11.3 Å². The summed E-state index contributed by atoms with van der Waals surface area (Å²) in [6.45, 7) is 18.9. The third kappa shape index (κ3) is 10.4. The first-order valence-electron chi connectivity index (χ1n) is 25.6. The molecule has 5 atom stereocenters. The first-order valence-corrected chi connectivity index (χ1v) is 25.6. The molecule has 6 bridgehead atoms. The molecule has 2 aromatic carbocycles. The van der Waals surface area contributed by atoms with Crippen LogP contribution in [0.4, 0.5) is 0 Å². The first kappa shape index (κ1) is 52.5. The van der Waals surface area contributed by atoms with Crippen molar-refractivity contribution in [2.45, 2.75) is 115 Å². The summed E-state index contributed by atoms with van der Waals surface area (Å²) < 4.78 is 15.0. The van der Waals surface area contributed by atoms with Crippen molar-refractivity contribution < 1.29 is 38.6 Å². The fourth-order valence-electron chi connectivity index (χ4n) is 11.5. The molecule has 8 rings (SSSR count). The fraction of sp³-hybridized carbons (Fsp3) is 0.536. The highest BCUT2D eigenvalue weighted by Gasteiger charge is 2.48. The SMILES string of the molecule is C=CC(=O)N1CC[C@@](O)(C(=O)N(C)[C@H](C(=O)N[C@H]2Cc3cccc(c3)-c3ccc4c(c3)c(c(-c3cc(C5CN(C)C5)cnc3[C@H](C)OC)n4CC)CC(C)(C)COCC3(C=O)CCCN(N3)C2=O)C(C)C)C1. The number of methoxy groups -OCH3 is 1. The Labute approximate surface area is 424 Å². The van der Waals surface area contributed by atoms with Crippen LogP contribution in [0.15, 0.2) is 67.4 Å². The number of rotatable bonds is 12. The van der Waals surface area contributed by atoms with Crippen molar-refractivity contribution in [1.82, 2.24) is 40.0 Å². The Morgan fingerprint density at radius 3 is 2.50 bits per heavy atom. The maximum Gasteiger partial charge on any atom is 0.259 e. The van der Waals surface area contributed by atoms with Crippen molar-refractivity contribution in [2.75, 3.05) is 67.1 Å². The Hall–Kier alpha value is -5.78. The molecule has 72 heavy (non-hydrogen) atoms. The second kappa shape index (κ2) is 21.0. The second-order valence-corrected chi connectivity index (χ2v) is 21.9. The van der Waals surface area contributed by atoms with Crippen LogP contribution in [0.3, 0.4) is 0 Å². The predicted octanol–water partition coefficient (Wildman–Crippen LogP) is 5.45. The Kier molecular flexibility index (Phi) is 15.3. The van der Waals surface area contributed by atoms with E-state index in [0.29, 0.717) is 38.3 Å². The zero-order valence-corrected chi connectivity index (χ0v) is 43.6. The number of carbonyl (C=O) groups excluding carboxylic acids is 5. The average Bonchev–Trinajstić information content (AvgIpc) is 3.91. The molecule has 3 saturated heterocycles. The number of benzene rings is 2. The van der Waals surface area contributed by atoms with Gasteiger partial charge in [0.25, 0.3) is 11.8 Å². The van der Waals surface area contributed by atoms with Crippen LogP contribution < -0.4 is 10.7 Å². The van der Waals surface area contributed by atoms with Crippen LogP contribution in [0.25, 0.3) is 33.3 Å². The summed E-state index contributed by atoms with van der Waals surface area (Å²) >= 11 is 0. The summed E-state index contributed by atoms with van der Waals surface area (Å²) in [5.41, 5.74) is 8.85. The number of aromatic nitrogens is 2. The van der Waals surface area contributed by atoms with E-state index in [1.165, 1.54) is 33.0 Å². The van der Waals surface area contributed by atoms with Gasteiger partial charge in [-0.2, -0.15) is 0 Å². The number of fused-ring (bicyclic) bond motifs is 6. The first-order chi connectivity index (χ1) is 34.2. The minimum atomic E-state index is -1.91. The molecule has 16 nitrogen and oxygen atoms in total. The lowest BCUT2D eigenvalue weighted by molar-refractivity contribution is -0.156. The topological polar surface area (TPSA) is 179 Å². The zero-order chi connectivity index (χ0) is 51.9. The van der Waals surface area contributed by atoms with E-state index in [1.54, 1.807) is 21.0 Å². The van der Waals surface area contributed by atoms with E-state index in [2.05, 4.69) is 78.9 Å². The van der Waals surface area contributed by atoms with Crippen LogP contribution in [-0.4, -0.2) is 155 Å². The number of likely N-dealkylation sites (N-methyl/N-ethyl adjacent to an activating group) is 2. The fourth-order valence-corrected chi connectivity index (χ4v) is 11.5. The monoisotopic (exact) mass is 987 g/mol. The molecule has 4 amide bonds. The predicted molar refractivity (Wildman–Crippen MR) is 276 cm³/mol. The van der Waals surface area contributed by atoms with Gasteiger partial charge in [-0.15, -0.1) is 0 Å². The van der Waals surface area contributed by atoms with E-state index >= 15 is 0 Å². The normalized spacial score (nSPS) is 23.8. The van der Waals surface area contributed by atoms with Gasteiger partial charge in [0.05, 0.1) is 37.3 Å². The van der Waals surface area contributed by atoms with Gasteiger partial charge in [0.15, 0.2) is 5.60 Å². The third-order valence-corrected chi connectivity index (χ3v) is 15.4. The molecular weight excluding hydrogens is 913 g/mol. The van der Waals surface area contributed by atoms with Gasteiger partial charge in [0.2, 0.25) is 11.8 Å². The average molecular weight is 987 g/mol. The number of hydrogen-bond donors (Lipinski definition) is 3. The number of hydrogen-bond acceptors (Lipinski definition) is 11. The Morgan fingerprint density at radius 2 is 1.82 bits per heavy atom. The number of carbonyl (C=O) groups is 5. The molecule has 0 aliphatic carbocycles. The molecule has 0 radical (unpaired) electrons. The lowest BCUT2D eigenvalue weighted by atomic mass is 9.83. The number of nitrogens with one attached hydrogen (secondary N) is 2. The van der Waals surface area contributed by atoms with Crippen molar-refractivity contribution in [1.29, 1.82) is 0 Å². The molecule has 1 unspecified atom stereocenters. The Morgan fingerprint density at radius 1 is 1.07 bits per heavy atom. The lowest BCUT2D eigenvalue weighted by Crippen LogP contribution is -2.66. The molecule has 3 N–H and O–H groups in total. The second-order valence-electron chi connectivity index (χ2n) is 21.9. The van der Waals surface area contributed by atoms with E-state index in [0.717, 1.165) is 70.0 Å². The number of nitrogens with zero attached hydrogens (tertiary/aromatic N) is 6. The number of pyridine rings is 1. The molecule has 16 heteroatoms. The van der Waals surface area contributed by atoms with Crippen molar-refractivity contribution >= 4 is 40.8 Å². The molecule has 0 saturated carbocycles. The van der Waals surface area contributed by atoms with Crippen molar-refractivity contribution in [3.63, 3.8) is 0 Å². The summed E-state index contributed by atoms with van der Waals surface area (Å²) in [6, 6.07) is 14.7. The van der Waals surface area contributed by atoms with Crippen LogP contribution in [-0.2, 0) is 52.8 Å². The van der Waals surface area contributed by atoms with E-state index in [1.807, 2.05) is 37.4 Å². The van der Waals surface area contributed by atoms with Gasteiger partial charge in [0.1, 0.15) is 23.9 Å². The minimum absolute atomic E-state index is 0.00169. The third-order valence-electron chi connectivity index (χ3n) is 15.4. The van der Waals surface area contributed by atoms with Crippen molar-refractivity contribution in [2.24, 2.45) is 11.3 Å². The molecule has 6 heterocycles. The summed E-state index contributed by atoms with van der Waals surface area (Å²) in [5.74, 6) is -2.19. The van der Waals surface area contributed by atoms with Crippen molar-refractivity contribution in [3.05, 3.63) is 89.8 Å². The smallest absolute Gasteiger partial charge is 0.259 e. The quantitative estimate of drug-likeness (QED) is 0.122. The van der Waals surface area contributed by atoms with Crippen LogP contribution >= 0.6 is 0 Å². The lowest BCUT2D eigenvalue weighted by Gasteiger charge is -2.42. The molecule has 4 aliphatic heterocycles. The molecular formula is C56H74N8O8. The zero-order valence-electron chi connectivity index (χ0n) is 43.6. The number of β-amino-alcohol motifs (C(OH)–C–C–N with tert-alkyl or cyclic N) is 1. The standard InChI is InChI=1S/C56H74N8O8/c1-11-47(66)62-22-20-56(70,31-62)53(69)61(9)49(35(3)4)51(67)58-45-24-37-15-13-16-38(23-37)39-17-18-46-42(25-39)44(27-54(6,7)33-72-34-55(32-65)19-14-21-64(59-55)52(45)68)50(63(46)12-2)43-26-40(41-29-60(8)30-41)28-57-48(43)36(5)71-10/h11,13,15-18,23,25-26,28,32,35-36,41,45,49,59,70H,1,12,14,19-22,24,27,29-31,33-34H2,2-10H3,(H,58,67)/t36-,45-,49-,55?,56-/m0/s1. The van der Waals surface area contributed by atoms with Gasteiger partial charge in [-0.1, -0.05) is 64.6 Å². The number of aryl methyl sites for hydroxylation is 1. The molecule has 2 aromatic heterocycles. The number of amides is 4. The number of ether oxygens (including phenoxy) is 2. The number of likely N-dealkylation sites (tertiary alicyclic amines) is 2. The highest BCUT2D eigenvalue weighted by Crippen LogP contribution is 2.43. The molecule has 0 spiro atoms. The number of aliphatic hydroxyl groups is 1. The van der Waals surface area contributed by atoms with Gasteiger partial charge in [0, 0.05) is 88.3 Å². The minimum Gasteiger partial charge on any atom is -0.378 e. The highest BCUT2D eigenvalue weighted by molar-refractivity contribution is 5.97. The van der Waals surface area contributed by atoms with E-state index in [4.69, 9.17) is 14.5 Å². The summed E-state index contributed by atoms with van der Waals surface area (Å²) in [6.07, 6.45) is 5.38. The summed E-state index contributed by atoms with van der Waals surface area (Å²) in [7, 11) is 5.32. The molecule has 4 aliphatic rings. The van der Waals surface area contributed by atoms with Gasteiger partial charge < -0.3 is 44.0 Å². The molecule has 3 fully saturated rings. The van der Waals surface area contributed by atoms with Crippen LogP contribution in [0.1, 0.15) is 95.2 Å². The highest BCUT2D eigenvalue weighted by atomic mass is 16.5. The summed E-state index contributed by atoms with van der Waals surface area (Å²) in [4.78, 5) is 79.3. The molecule has 386 valence electrons. The van der Waals surface area contributed by atoms with Crippen molar-refractivity contribution in [3.8, 4) is 22.4 Å². The Balaban J connectivity index is 1.21. The van der Waals surface area contributed by atoms with Crippen LogP contribution in [0.5, 0.6) is 0 Å². The maximum atomic E-state index is 14.9. The largest absolute Gasteiger partial charge is 0.378 e. The van der Waals surface area contributed by atoms with Crippen LogP contribution in [0.2, 0.25) is 0 Å². The Bertz CT molecular complexity index is 2730.